The van der Waals surface area contributed by atoms with E-state index >= 15 is 0 Å². The molecule has 0 saturated carbocycles. The summed E-state index contributed by atoms with van der Waals surface area (Å²) >= 11 is 6.45. The van der Waals surface area contributed by atoms with E-state index in [2.05, 4.69) is 29.6 Å². The van der Waals surface area contributed by atoms with Gasteiger partial charge in [-0.25, -0.2) is 9.97 Å². The van der Waals surface area contributed by atoms with E-state index in [9.17, 15) is 4.79 Å². The highest BCUT2D eigenvalue weighted by Crippen LogP contribution is 2.29. The Morgan fingerprint density at radius 3 is 2.94 bits per heavy atom. The summed E-state index contributed by atoms with van der Waals surface area (Å²) in [5.41, 5.74) is 2.05. The van der Waals surface area contributed by atoms with Crippen LogP contribution in [0.2, 0.25) is 5.02 Å². The van der Waals surface area contributed by atoms with Crippen LogP contribution in [0, 0.1) is 0 Å². The van der Waals surface area contributed by atoms with Gasteiger partial charge >= 0.3 is 0 Å². The van der Waals surface area contributed by atoms with Gasteiger partial charge in [-0.05, 0) is 45.2 Å². The number of carbonyl (C=O) groups excluding carboxylic acids is 1. The van der Waals surface area contributed by atoms with Crippen LogP contribution in [0.15, 0.2) is 30.6 Å². The number of nitrogens with one attached hydrogen (secondary N) is 2. The largest absolute Gasteiger partial charge is 0.354 e. The molecule has 10 heteroatoms. The number of halogens is 1. The molecule has 4 heterocycles. The van der Waals surface area contributed by atoms with Crippen LogP contribution in [0.5, 0.6) is 0 Å². The lowest BCUT2D eigenvalue weighted by molar-refractivity contribution is -0.121. The van der Waals surface area contributed by atoms with Gasteiger partial charge in [-0.15, -0.1) is 5.10 Å². The molecule has 1 atom stereocenters. The average Bonchev–Trinajstić information content (AvgIpc) is 3.36. The SMILES string of the molecule is CC(C)n1cc(-c2nc3c4cccc(Cl)c4nc(N[C@@H]4CCCCNC4=O)n3n2)cn1. The number of anilines is 1. The minimum atomic E-state index is -0.394. The molecule has 0 bridgehead atoms. The summed E-state index contributed by atoms with van der Waals surface area (Å²) in [7, 11) is 0. The van der Waals surface area contributed by atoms with Crippen LogP contribution < -0.4 is 10.6 Å². The Morgan fingerprint density at radius 1 is 1.26 bits per heavy atom. The zero-order chi connectivity index (χ0) is 21.5. The molecule has 4 aromatic rings. The topological polar surface area (TPSA) is 102 Å². The molecule has 1 aliphatic heterocycles. The number of amides is 1. The molecule has 1 amide bonds. The molecular weight excluding hydrogens is 416 g/mol. The second-order valence-electron chi connectivity index (χ2n) is 8.03. The van der Waals surface area contributed by atoms with Crippen molar-refractivity contribution in [2.45, 2.75) is 45.2 Å². The van der Waals surface area contributed by atoms with Gasteiger partial charge in [0.05, 0.1) is 22.3 Å². The van der Waals surface area contributed by atoms with E-state index in [4.69, 9.17) is 26.7 Å². The molecule has 1 fully saturated rings. The van der Waals surface area contributed by atoms with E-state index in [1.54, 1.807) is 16.8 Å². The van der Waals surface area contributed by atoms with Gasteiger partial charge in [0.2, 0.25) is 11.9 Å². The fraction of sp³-hybridized carbons (Fsp3) is 0.381. The molecule has 0 spiro atoms. The number of rotatable bonds is 4. The maximum atomic E-state index is 12.5. The van der Waals surface area contributed by atoms with Crippen LogP contribution >= 0.6 is 11.6 Å². The van der Waals surface area contributed by atoms with E-state index in [1.807, 2.05) is 23.0 Å². The molecule has 160 valence electrons. The smallest absolute Gasteiger partial charge is 0.242 e. The zero-order valence-electron chi connectivity index (χ0n) is 17.3. The van der Waals surface area contributed by atoms with Crippen molar-refractivity contribution >= 4 is 40.0 Å². The van der Waals surface area contributed by atoms with Gasteiger partial charge in [0.25, 0.3) is 0 Å². The highest BCUT2D eigenvalue weighted by molar-refractivity contribution is 6.35. The third-order valence-corrected chi connectivity index (χ3v) is 5.79. The first-order chi connectivity index (χ1) is 15.0. The number of carbonyl (C=O) groups is 1. The molecule has 31 heavy (non-hydrogen) atoms. The van der Waals surface area contributed by atoms with Gasteiger partial charge in [-0.3, -0.25) is 9.48 Å². The quantitative estimate of drug-likeness (QED) is 0.506. The summed E-state index contributed by atoms with van der Waals surface area (Å²) in [5, 5.41) is 16.6. The summed E-state index contributed by atoms with van der Waals surface area (Å²) in [6.07, 6.45) is 6.31. The predicted molar refractivity (Wildman–Crippen MR) is 119 cm³/mol. The zero-order valence-corrected chi connectivity index (χ0v) is 18.1. The minimum Gasteiger partial charge on any atom is -0.354 e. The van der Waals surface area contributed by atoms with Gasteiger partial charge in [0, 0.05) is 24.2 Å². The molecular formula is C21H23ClN8O. The van der Waals surface area contributed by atoms with Crippen molar-refractivity contribution in [3.05, 3.63) is 35.6 Å². The summed E-state index contributed by atoms with van der Waals surface area (Å²) < 4.78 is 3.52. The second-order valence-corrected chi connectivity index (χ2v) is 8.44. The standard InChI is InChI=1S/C21H23ClN8O/c1-12(2)29-11-13(10-24-29)18-27-19-14-6-5-7-15(22)17(14)26-21(30(19)28-18)25-16-8-3-4-9-23-20(16)31/h5-7,10-12,16H,3-4,8-9H2,1-2H3,(H,23,31)(H,25,26)/t16-/m1/s1. The van der Waals surface area contributed by atoms with Crippen molar-refractivity contribution in [1.29, 1.82) is 0 Å². The summed E-state index contributed by atoms with van der Waals surface area (Å²) in [6, 6.07) is 5.41. The van der Waals surface area contributed by atoms with Gasteiger partial charge in [0.15, 0.2) is 11.5 Å². The Morgan fingerprint density at radius 2 is 2.13 bits per heavy atom. The molecule has 0 radical (unpaired) electrons. The van der Waals surface area contributed by atoms with E-state index in [0.717, 1.165) is 30.2 Å². The highest BCUT2D eigenvalue weighted by atomic mass is 35.5. The van der Waals surface area contributed by atoms with E-state index in [1.165, 1.54) is 0 Å². The van der Waals surface area contributed by atoms with Crippen LogP contribution in [-0.2, 0) is 4.79 Å². The van der Waals surface area contributed by atoms with Crippen LogP contribution in [0.3, 0.4) is 0 Å². The van der Waals surface area contributed by atoms with Crippen molar-refractivity contribution < 1.29 is 4.79 Å². The maximum absolute atomic E-state index is 12.5. The van der Waals surface area contributed by atoms with Crippen molar-refractivity contribution in [2.24, 2.45) is 0 Å². The summed E-state index contributed by atoms with van der Waals surface area (Å²) in [6.45, 7) is 4.82. The summed E-state index contributed by atoms with van der Waals surface area (Å²) in [5.74, 6) is 0.937. The van der Waals surface area contributed by atoms with Crippen LogP contribution in [0.1, 0.15) is 39.2 Å². The van der Waals surface area contributed by atoms with Crippen molar-refractivity contribution in [3.63, 3.8) is 0 Å². The first-order valence-electron chi connectivity index (χ1n) is 10.4. The number of nitrogens with zero attached hydrogens (tertiary/aromatic N) is 6. The van der Waals surface area contributed by atoms with E-state index in [-0.39, 0.29) is 11.9 Å². The third-order valence-electron chi connectivity index (χ3n) is 5.48. The Bertz CT molecular complexity index is 1280. The van der Waals surface area contributed by atoms with E-state index in [0.29, 0.717) is 34.5 Å². The normalized spacial score (nSPS) is 17.3. The Hall–Kier alpha value is -3.20. The maximum Gasteiger partial charge on any atom is 0.242 e. The lowest BCUT2D eigenvalue weighted by Crippen LogP contribution is -2.38. The number of aromatic nitrogens is 6. The van der Waals surface area contributed by atoms with Crippen molar-refractivity contribution in [2.75, 3.05) is 11.9 Å². The average molecular weight is 439 g/mol. The number of benzene rings is 1. The fourth-order valence-electron chi connectivity index (χ4n) is 3.78. The number of para-hydroxylation sites is 1. The lowest BCUT2D eigenvalue weighted by Gasteiger charge is -2.16. The molecule has 3 aromatic heterocycles. The first-order valence-corrected chi connectivity index (χ1v) is 10.8. The highest BCUT2D eigenvalue weighted by Gasteiger charge is 2.24. The molecule has 2 N–H and O–H groups in total. The Kier molecular flexibility index (Phi) is 4.97. The van der Waals surface area contributed by atoms with E-state index < -0.39 is 6.04 Å². The van der Waals surface area contributed by atoms with Crippen molar-refractivity contribution in [1.82, 2.24) is 34.7 Å². The predicted octanol–water partition coefficient (Wildman–Crippen LogP) is 3.46. The molecule has 1 saturated heterocycles. The lowest BCUT2D eigenvalue weighted by atomic mass is 10.1. The molecule has 0 aliphatic carbocycles. The fourth-order valence-corrected chi connectivity index (χ4v) is 4.00. The van der Waals surface area contributed by atoms with Gasteiger partial charge < -0.3 is 10.6 Å². The molecule has 1 aliphatic rings. The first kappa shape index (κ1) is 19.7. The van der Waals surface area contributed by atoms with Gasteiger partial charge in [-0.1, -0.05) is 17.7 Å². The molecule has 1 aromatic carbocycles. The van der Waals surface area contributed by atoms with Gasteiger partial charge in [0.1, 0.15) is 6.04 Å². The molecule has 0 unspecified atom stereocenters. The van der Waals surface area contributed by atoms with Crippen molar-refractivity contribution in [3.8, 4) is 11.4 Å². The number of fused-ring (bicyclic) bond motifs is 3. The molecule has 5 rings (SSSR count). The van der Waals surface area contributed by atoms with Crippen LogP contribution in [0.25, 0.3) is 27.9 Å². The number of hydrogen-bond donors (Lipinski definition) is 2. The number of hydrogen-bond acceptors (Lipinski definition) is 6. The Balaban J connectivity index is 1.66. The second kappa shape index (κ2) is 7.81. The van der Waals surface area contributed by atoms with Gasteiger partial charge in [-0.2, -0.15) is 9.61 Å². The van der Waals surface area contributed by atoms with Crippen LogP contribution in [0.4, 0.5) is 5.95 Å². The Labute approximate surface area is 183 Å². The summed E-state index contributed by atoms with van der Waals surface area (Å²) in [4.78, 5) is 22.0. The third kappa shape index (κ3) is 3.59. The molecule has 9 nitrogen and oxygen atoms in total. The van der Waals surface area contributed by atoms with Crippen LogP contribution in [-0.4, -0.2) is 47.9 Å². The minimum absolute atomic E-state index is 0.0368. The monoisotopic (exact) mass is 438 g/mol.